The Balaban J connectivity index is 2.37. The molecule has 0 N–H and O–H groups in total. The fourth-order valence-electron chi connectivity index (χ4n) is 1.97. The van der Waals surface area contributed by atoms with Crippen molar-refractivity contribution in [1.29, 1.82) is 5.26 Å². The number of piperidine rings is 1. The lowest BCUT2D eigenvalue weighted by atomic mass is 10.0. The fraction of sp³-hybridized carbons (Fsp3) is 0.909. The van der Waals surface area contributed by atoms with Crippen LogP contribution in [0.5, 0.6) is 0 Å². The molecule has 98 valence electrons. The fourth-order valence-corrected chi connectivity index (χ4v) is 1.97. The van der Waals surface area contributed by atoms with Crippen LogP contribution in [-0.2, 0) is 4.74 Å². The maximum Gasteiger partial charge on any atom is 0.405 e. The summed E-state index contributed by atoms with van der Waals surface area (Å²) in [5.41, 5.74) is 0. The summed E-state index contributed by atoms with van der Waals surface area (Å²) in [4.78, 5) is 1.69. The summed E-state index contributed by atoms with van der Waals surface area (Å²) in [5, 5.41) is 8.51. The molecule has 0 amide bonds. The Morgan fingerprint density at radius 1 is 1.41 bits per heavy atom. The molecule has 1 saturated heterocycles. The second kappa shape index (κ2) is 6.22. The van der Waals surface area contributed by atoms with Crippen molar-refractivity contribution in [2.24, 2.45) is 5.92 Å². The minimum Gasteiger partial charge on any atom is -0.378 e. The number of nitrogens with zero attached hydrogens (tertiary/aromatic N) is 2. The molecule has 0 saturated carbocycles. The van der Waals surface area contributed by atoms with E-state index in [0.29, 0.717) is 19.7 Å². The first-order chi connectivity index (χ1) is 7.97. The van der Waals surface area contributed by atoms with E-state index in [9.17, 15) is 13.2 Å². The van der Waals surface area contributed by atoms with Gasteiger partial charge in [0.15, 0.2) is 5.92 Å². The minimum absolute atomic E-state index is 0.155. The molecule has 1 atom stereocenters. The number of hydrogen-bond acceptors (Lipinski definition) is 3. The Morgan fingerprint density at radius 3 is 2.41 bits per heavy atom. The molecule has 0 aromatic heterocycles. The minimum atomic E-state index is -4.43. The number of ether oxygens (including phenoxy) is 1. The predicted molar refractivity (Wildman–Crippen MR) is 56.2 cm³/mol. The van der Waals surface area contributed by atoms with Gasteiger partial charge in [-0.15, -0.1) is 0 Å². The van der Waals surface area contributed by atoms with Crippen molar-refractivity contribution in [3.8, 4) is 6.07 Å². The number of hydrogen-bond donors (Lipinski definition) is 0. The van der Waals surface area contributed by atoms with Gasteiger partial charge >= 0.3 is 6.18 Å². The van der Waals surface area contributed by atoms with Crippen LogP contribution in [0.1, 0.15) is 19.8 Å². The third kappa shape index (κ3) is 4.52. The van der Waals surface area contributed by atoms with E-state index in [-0.39, 0.29) is 12.6 Å². The number of likely N-dealkylation sites (tertiary alicyclic amines) is 1. The molecular weight excluding hydrogens is 233 g/mol. The van der Waals surface area contributed by atoms with Crippen LogP contribution in [0.15, 0.2) is 0 Å². The number of alkyl halides is 3. The highest BCUT2D eigenvalue weighted by Gasteiger charge is 2.41. The third-order valence-electron chi connectivity index (χ3n) is 2.93. The van der Waals surface area contributed by atoms with Crippen LogP contribution in [0.25, 0.3) is 0 Å². The molecule has 0 radical (unpaired) electrons. The zero-order valence-corrected chi connectivity index (χ0v) is 9.83. The maximum absolute atomic E-state index is 12.4. The molecule has 0 aromatic carbocycles. The number of rotatable bonds is 4. The SMILES string of the molecule is CCOC1CCN(CC(C#N)C(F)(F)F)CC1. The lowest BCUT2D eigenvalue weighted by Gasteiger charge is -2.32. The van der Waals surface area contributed by atoms with Crippen LogP contribution < -0.4 is 0 Å². The zero-order chi connectivity index (χ0) is 12.9. The van der Waals surface area contributed by atoms with Gasteiger partial charge in [-0.25, -0.2) is 0 Å². The van der Waals surface area contributed by atoms with E-state index in [4.69, 9.17) is 10.00 Å². The zero-order valence-electron chi connectivity index (χ0n) is 9.83. The molecule has 3 nitrogen and oxygen atoms in total. The monoisotopic (exact) mass is 250 g/mol. The van der Waals surface area contributed by atoms with E-state index in [1.54, 1.807) is 4.90 Å². The van der Waals surface area contributed by atoms with Gasteiger partial charge in [0.2, 0.25) is 0 Å². The second-order valence-corrected chi connectivity index (χ2v) is 4.18. The van der Waals surface area contributed by atoms with Gasteiger partial charge in [0.25, 0.3) is 0 Å². The normalized spacial score (nSPS) is 21.1. The topological polar surface area (TPSA) is 36.3 Å². The molecule has 0 bridgehead atoms. The number of nitriles is 1. The Labute approximate surface area is 99.1 Å². The summed E-state index contributed by atoms with van der Waals surface area (Å²) in [5.74, 6) is -1.88. The van der Waals surface area contributed by atoms with Crippen LogP contribution in [0, 0.1) is 17.2 Å². The van der Waals surface area contributed by atoms with E-state index < -0.39 is 12.1 Å². The largest absolute Gasteiger partial charge is 0.405 e. The first-order valence-electron chi connectivity index (χ1n) is 5.77. The van der Waals surface area contributed by atoms with Gasteiger partial charge in [0.1, 0.15) is 0 Å². The van der Waals surface area contributed by atoms with Gasteiger partial charge < -0.3 is 9.64 Å². The quantitative estimate of drug-likeness (QED) is 0.767. The van der Waals surface area contributed by atoms with Crippen molar-refractivity contribution in [1.82, 2.24) is 4.90 Å². The molecule has 1 unspecified atom stereocenters. The first-order valence-corrected chi connectivity index (χ1v) is 5.77. The standard InChI is InChI=1S/C11H17F3N2O/c1-2-17-10-3-5-16(6-4-10)8-9(7-15)11(12,13)14/h9-10H,2-6,8H2,1H3. The van der Waals surface area contributed by atoms with Crippen LogP contribution in [0.3, 0.4) is 0 Å². The average Bonchev–Trinajstić information content (AvgIpc) is 2.27. The van der Waals surface area contributed by atoms with E-state index in [2.05, 4.69) is 0 Å². The Bertz CT molecular complexity index is 267. The van der Waals surface area contributed by atoms with Gasteiger partial charge in [0.05, 0.1) is 12.2 Å². The van der Waals surface area contributed by atoms with Crippen molar-refractivity contribution in [3.05, 3.63) is 0 Å². The van der Waals surface area contributed by atoms with Gasteiger partial charge in [-0.2, -0.15) is 18.4 Å². The van der Waals surface area contributed by atoms with Crippen molar-refractivity contribution in [3.63, 3.8) is 0 Å². The third-order valence-corrected chi connectivity index (χ3v) is 2.93. The van der Waals surface area contributed by atoms with Crippen molar-refractivity contribution in [2.45, 2.75) is 32.0 Å². The van der Waals surface area contributed by atoms with E-state index >= 15 is 0 Å². The van der Waals surface area contributed by atoms with Crippen LogP contribution in [0.2, 0.25) is 0 Å². The summed E-state index contributed by atoms with van der Waals surface area (Å²) in [6, 6.07) is 1.33. The first kappa shape index (κ1) is 14.3. The maximum atomic E-state index is 12.4. The van der Waals surface area contributed by atoms with Crippen LogP contribution in [0.4, 0.5) is 13.2 Å². The van der Waals surface area contributed by atoms with E-state index in [1.165, 1.54) is 6.07 Å². The molecular formula is C11H17F3N2O. The highest BCUT2D eigenvalue weighted by molar-refractivity contribution is 4.91. The molecule has 1 aliphatic rings. The van der Waals surface area contributed by atoms with Gasteiger partial charge in [-0.05, 0) is 19.8 Å². The highest BCUT2D eigenvalue weighted by atomic mass is 19.4. The smallest absolute Gasteiger partial charge is 0.378 e. The summed E-state index contributed by atoms with van der Waals surface area (Å²) >= 11 is 0. The molecule has 1 fully saturated rings. The van der Waals surface area contributed by atoms with Crippen LogP contribution in [-0.4, -0.2) is 43.4 Å². The Kier molecular flexibility index (Phi) is 5.22. The molecule has 1 rings (SSSR count). The van der Waals surface area contributed by atoms with Gasteiger partial charge in [0, 0.05) is 26.2 Å². The molecule has 0 aliphatic carbocycles. The highest BCUT2D eigenvalue weighted by Crippen LogP contribution is 2.27. The summed E-state index contributed by atoms with van der Waals surface area (Å²) in [7, 11) is 0. The summed E-state index contributed by atoms with van der Waals surface area (Å²) in [6.45, 7) is 3.45. The van der Waals surface area contributed by atoms with Gasteiger partial charge in [-0.3, -0.25) is 0 Å². The lowest BCUT2D eigenvalue weighted by Crippen LogP contribution is -2.42. The Hall–Kier alpha value is -0.800. The molecule has 1 aliphatic heterocycles. The molecule has 6 heteroatoms. The van der Waals surface area contributed by atoms with Crippen molar-refractivity contribution >= 4 is 0 Å². The van der Waals surface area contributed by atoms with E-state index in [1.807, 2.05) is 6.92 Å². The molecule has 0 aromatic rings. The van der Waals surface area contributed by atoms with Gasteiger partial charge in [-0.1, -0.05) is 0 Å². The van der Waals surface area contributed by atoms with Crippen molar-refractivity contribution in [2.75, 3.05) is 26.2 Å². The lowest BCUT2D eigenvalue weighted by molar-refractivity contribution is -0.164. The summed E-state index contributed by atoms with van der Waals surface area (Å²) < 4.78 is 42.6. The Morgan fingerprint density at radius 2 is 2.00 bits per heavy atom. The predicted octanol–water partition coefficient (Wildman–Crippen LogP) is 2.19. The van der Waals surface area contributed by atoms with Crippen LogP contribution >= 0.6 is 0 Å². The van der Waals surface area contributed by atoms with Crippen molar-refractivity contribution < 1.29 is 17.9 Å². The second-order valence-electron chi connectivity index (χ2n) is 4.18. The molecule has 17 heavy (non-hydrogen) atoms. The number of halogens is 3. The average molecular weight is 250 g/mol. The van der Waals surface area contributed by atoms with E-state index in [0.717, 1.165) is 12.8 Å². The molecule has 1 heterocycles. The molecule has 0 spiro atoms. The summed E-state index contributed by atoms with van der Waals surface area (Å²) in [6.07, 6.45) is -2.79.